The van der Waals surface area contributed by atoms with Gasteiger partial charge in [-0.2, -0.15) is 0 Å². The van der Waals surface area contributed by atoms with Crippen molar-refractivity contribution < 1.29 is 9.90 Å². The summed E-state index contributed by atoms with van der Waals surface area (Å²) in [6, 6.07) is 0. The number of carboxylic acid groups (broad SMARTS) is 1. The molecule has 1 N–H and O–H groups in total. The van der Waals surface area contributed by atoms with Crippen molar-refractivity contribution in [3.05, 3.63) is 48.6 Å². The zero-order chi connectivity index (χ0) is 11.6. The molecule has 1 aliphatic carbocycles. The number of allylic oxidation sites excluding steroid dienone is 8. The number of rotatable bonds is 6. The summed E-state index contributed by atoms with van der Waals surface area (Å²) in [4.78, 5) is 10.3. The smallest absolute Gasteiger partial charge is 0.303 e. The molecule has 1 aliphatic rings. The van der Waals surface area contributed by atoms with Crippen LogP contribution in [0.1, 0.15) is 25.7 Å². The van der Waals surface area contributed by atoms with Crippen LogP contribution >= 0.6 is 0 Å². The Kier molecular flexibility index (Phi) is 6.00. The minimum atomic E-state index is -0.714. The monoisotopic (exact) mass is 218 g/mol. The summed E-state index contributed by atoms with van der Waals surface area (Å²) in [5, 5.41) is 8.46. The van der Waals surface area contributed by atoms with Crippen LogP contribution in [0, 0.1) is 5.92 Å². The Hall–Kier alpha value is -1.57. The van der Waals surface area contributed by atoms with Gasteiger partial charge in [-0.05, 0) is 25.2 Å². The lowest BCUT2D eigenvalue weighted by atomic mass is 10.0. The van der Waals surface area contributed by atoms with Crippen molar-refractivity contribution in [2.45, 2.75) is 25.7 Å². The molecular weight excluding hydrogens is 200 g/mol. The third-order valence-electron chi connectivity index (χ3n) is 2.39. The molecule has 0 bridgehead atoms. The van der Waals surface area contributed by atoms with E-state index in [4.69, 9.17) is 5.11 Å². The summed E-state index contributed by atoms with van der Waals surface area (Å²) < 4.78 is 0. The van der Waals surface area contributed by atoms with E-state index in [-0.39, 0.29) is 6.42 Å². The Bertz CT molecular complexity index is 306. The first kappa shape index (κ1) is 12.5. The molecule has 0 saturated carbocycles. The molecule has 0 saturated heterocycles. The fourth-order valence-corrected chi connectivity index (χ4v) is 1.51. The topological polar surface area (TPSA) is 37.3 Å². The summed E-state index contributed by atoms with van der Waals surface area (Å²) >= 11 is 0. The summed E-state index contributed by atoms with van der Waals surface area (Å²) in [6.45, 7) is 0. The lowest BCUT2D eigenvalue weighted by Gasteiger charge is -2.01. The minimum Gasteiger partial charge on any atom is -0.481 e. The van der Waals surface area contributed by atoms with Crippen LogP contribution in [0.5, 0.6) is 0 Å². The average molecular weight is 218 g/mol. The fourth-order valence-electron chi connectivity index (χ4n) is 1.51. The van der Waals surface area contributed by atoms with Crippen LogP contribution in [0.2, 0.25) is 0 Å². The zero-order valence-electron chi connectivity index (χ0n) is 9.38. The van der Waals surface area contributed by atoms with E-state index in [1.54, 1.807) is 0 Å². The second-order valence-corrected chi connectivity index (χ2v) is 3.81. The van der Waals surface area contributed by atoms with Gasteiger partial charge in [0.2, 0.25) is 0 Å². The SMILES string of the molecule is O=C(O)CCC/C=C\CC1C=CC=CC=C1. The summed E-state index contributed by atoms with van der Waals surface area (Å²) in [5.41, 5.74) is 0. The molecule has 0 aromatic heterocycles. The number of carbonyl (C=O) groups is 1. The van der Waals surface area contributed by atoms with Crippen LogP contribution in [0.4, 0.5) is 0 Å². The van der Waals surface area contributed by atoms with Crippen LogP contribution in [-0.4, -0.2) is 11.1 Å². The third kappa shape index (κ3) is 6.02. The molecule has 0 spiro atoms. The summed E-state index contributed by atoms with van der Waals surface area (Å²) in [7, 11) is 0. The highest BCUT2D eigenvalue weighted by atomic mass is 16.4. The maximum atomic E-state index is 10.3. The highest BCUT2D eigenvalue weighted by Gasteiger charge is 1.97. The largest absolute Gasteiger partial charge is 0.481 e. The van der Waals surface area contributed by atoms with Crippen molar-refractivity contribution in [2.75, 3.05) is 0 Å². The van der Waals surface area contributed by atoms with E-state index >= 15 is 0 Å². The van der Waals surface area contributed by atoms with Crippen molar-refractivity contribution in [2.24, 2.45) is 5.92 Å². The zero-order valence-corrected chi connectivity index (χ0v) is 9.38. The van der Waals surface area contributed by atoms with Crippen LogP contribution in [0.25, 0.3) is 0 Å². The van der Waals surface area contributed by atoms with E-state index in [2.05, 4.69) is 36.5 Å². The molecule has 0 aliphatic heterocycles. The van der Waals surface area contributed by atoms with Gasteiger partial charge in [-0.25, -0.2) is 0 Å². The predicted octanol–water partition coefficient (Wildman–Crippen LogP) is 3.49. The van der Waals surface area contributed by atoms with Gasteiger partial charge in [-0.1, -0.05) is 48.6 Å². The lowest BCUT2D eigenvalue weighted by molar-refractivity contribution is -0.137. The molecule has 0 radical (unpaired) electrons. The van der Waals surface area contributed by atoms with Crippen LogP contribution in [0.3, 0.4) is 0 Å². The lowest BCUT2D eigenvalue weighted by Crippen LogP contribution is -1.92. The highest BCUT2D eigenvalue weighted by Crippen LogP contribution is 2.11. The standard InChI is InChI=1S/C14H18O2/c15-14(16)12-8-4-3-7-11-13-9-5-1-2-6-10-13/h1-3,5-7,9-10,13H,4,8,11-12H2,(H,15,16)/b7-3-. The highest BCUT2D eigenvalue weighted by molar-refractivity contribution is 5.66. The van der Waals surface area contributed by atoms with E-state index in [9.17, 15) is 4.79 Å². The maximum absolute atomic E-state index is 10.3. The van der Waals surface area contributed by atoms with Gasteiger partial charge in [-0.15, -0.1) is 0 Å². The van der Waals surface area contributed by atoms with Gasteiger partial charge in [0.25, 0.3) is 0 Å². The Morgan fingerprint density at radius 3 is 2.44 bits per heavy atom. The molecule has 0 amide bonds. The molecule has 86 valence electrons. The quantitative estimate of drug-likeness (QED) is 0.547. The third-order valence-corrected chi connectivity index (χ3v) is 2.39. The van der Waals surface area contributed by atoms with Gasteiger partial charge in [0.05, 0.1) is 0 Å². The molecule has 16 heavy (non-hydrogen) atoms. The Balaban J connectivity index is 2.14. The Labute approximate surface area is 96.7 Å². The van der Waals surface area contributed by atoms with Gasteiger partial charge in [-0.3, -0.25) is 4.79 Å². The number of hydrogen-bond acceptors (Lipinski definition) is 1. The fraction of sp³-hybridized carbons (Fsp3) is 0.357. The number of aliphatic carboxylic acids is 1. The molecule has 1 rings (SSSR count). The first-order chi connectivity index (χ1) is 7.79. The molecule has 2 nitrogen and oxygen atoms in total. The van der Waals surface area contributed by atoms with Crippen molar-refractivity contribution in [1.29, 1.82) is 0 Å². The van der Waals surface area contributed by atoms with Gasteiger partial charge < -0.3 is 5.11 Å². The van der Waals surface area contributed by atoms with Crippen LogP contribution in [-0.2, 0) is 4.79 Å². The van der Waals surface area contributed by atoms with Crippen LogP contribution < -0.4 is 0 Å². The first-order valence-electron chi connectivity index (χ1n) is 5.67. The van der Waals surface area contributed by atoms with Crippen molar-refractivity contribution in [1.82, 2.24) is 0 Å². The van der Waals surface area contributed by atoms with Crippen molar-refractivity contribution in [3.8, 4) is 0 Å². The molecule has 0 heterocycles. The van der Waals surface area contributed by atoms with E-state index in [0.717, 1.165) is 19.3 Å². The molecule has 2 heteroatoms. The Morgan fingerprint density at radius 1 is 1.12 bits per heavy atom. The van der Waals surface area contributed by atoms with Gasteiger partial charge >= 0.3 is 5.97 Å². The predicted molar refractivity (Wildman–Crippen MR) is 66.2 cm³/mol. The maximum Gasteiger partial charge on any atom is 0.303 e. The van der Waals surface area contributed by atoms with Gasteiger partial charge in [0, 0.05) is 6.42 Å². The van der Waals surface area contributed by atoms with Crippen molar-refractivity contribution in [3.63, 3.8) is 0 Å². The second-order valence-electron chi connectivity index (χ2n) is 3.81. The van der Waals surface area contributed by atoms with E-state index < -0.39 is 5.97 Å². The van der Waals surface area contributed by atoms with E-state index in [0.29, 0.717) is 5.92 Å². The van der Waals surface area contributed by atoms with Gasteiger partial charge in [0.15, 0.2) is 0 Å². The average Bonchev–Trinajstić information content (AvgIpc) is 2.51. The number of hydrogen-bond donors (Lipinski definition) is 1. The molecule has 0 aromatic carbocycles. The van der Waals surface area contributed by atoms with Gasteiger partial charge in [0.1, 0.15) is 0 Å². The van der Waals surface area contributed by atoms with Crippen LogP contribution in [0.15, 0.2) is 48.6 Å². The van der Waals surface area contributed by atoms with E-state index in [1.807, 2.05) is 12.2 Å². The summed E-state index contributed by atoms with van der Waals surface area (Å²) in [5.74, 6) is -0.250. The molecular formula is C14H18O2. The second kappa shape index (κ2) is 7.69. The molecule has 0 fully saturated rings. The molecule has 0 atom stereocenters. The normalized spacial score (nSPS) is 15.8. The Morgan fingerprint density at radius 2 is 1.81 bits per heavy atom. The minimum absolute atomic E-state index is 0.261. The number of unbranched alkanes of at least 4 members (excludes halogenated alkanes) is 1. The first-order valence-corrected chi connectivity index (χ1v) is 5.67. The number of carboxylic acids is 1. The molecule has 0 unspecified atom stereocenters. The summed E-state index contributed by atoms with van der Waals surface area (Å²) in [6.07, 6.45) is 19.5. The van der Waals surface area contributed by atoms with E-state index in [1.165, 1.54) is 0 Å². The molecule has 0 aromatic rings. The van der Waals surface area contributed by atoms with Crippen molar-refractivity contribution >= 4 is 5.97 Å².